The second kappa shape index (κ2) is 11.6. The lowest BCUT2D eigenvalue weighted by atomic mass is 9.83. The number of aromatic hydroxyl groups is 1. The van der Waals surface area contributed by atoms with Crippen LogP contribution in [0.5, 0.6) is 5.75 Å². The van der Waals surface area contributed by atoms with Gasteiger partial charge >= 0.3 is 5.63 Å². The lowest BCUT2D eigenvalue weighted by molar-refractivity contribution is 0.0372. The molecule has 2 atom stereocenters. The molecule has 0 spiro atoms. The SMILES string of the molecule is COCCCN(Cc1c(O)ccc2cc(-c3ccccc3)c(=O)oc12)C[C@@H]1CCCN2CCCC[C@H]12. The Hall–Kier alpha value is -2.67. The van der Waals surface area contributed by atoms with Gasteiger partial charge in [0.1, 0.15) is 11.3 Å². The van der Waals surface area contributed by atoms with Crippen LogP contribution in [-0.4, -0.2) is 60.8 Å². The molecule has 0 unspecified atom stereocenters. The molecule has 0 aliphatic carbocycles. The second-order valence-corrected chi connectivity index (χ2v) is 10.4. The Morgan fingerprint density at radius 1 is 1.08 bits per heavy atom. The molecular formula is C30H38N2O4. The number of phenolic OH excluding ortho intramolecular Hbond substituents is 1. The number of nitrogens with zero attached hydrogens (tertiary/aromatic N) is 2. The van der Waals surface area contributed by atoms with E-state index in [1.165, 1.54) is 45.2 Å². The molecule has 6 nitrogen and oxygen atoms in total. The summed E-state index contributed by atoms with van der Waals surface area (Å²) in [6.45, 7) is 5.55. The number of ether oxygens (including phenoxy) is 1. The Balaban J connectivity index is 1.44. The zero-order valence-electron chi connectivity index (χ0n) is 21.3. The first-order chi connectivity index (χ1) is 17.6. The van der Waals surface area contributed by atoms with Gasteiger partial charge in [-0.05, 0) is 74.9 Å². The van der Waals surface area contributed by atoms with E-state index >= 15 is 0 Å². The molecule has 2 aromatic carbocycles. The molecule has 1 N–H and O–H groups in total. The van der Waals surface area contributed by atoms with Gasteiger partial charge in [0.15, 0.2) is 0 Å². The average Bonchev–Trinajstić information content (AvgIpc) is 2.91. The van der Waals surface area contributed by atoms with Gasteiger partial charge in [-0.1, -0.05) is 36.8 Å². The van der Waals surface area contributed by atoms with E-state index in [0.717, 1.165) is 30.5 Å². The van der Waals surface area contributed by atoms with Crippen LogP contribution in [0.1, 0.15) is 44.1 Å². The summed E-state index contributed by atoms with van der Waals surface area (Å²) in [5.74, 6) is 0.799. The fourth-order valence-corrected chi connectivity index (χ4v) is 6.22. The van der Waals surface area contributed by atoms with Crippen LogP contribution < -0.4 is 5.63 Å². The molecule has 2 aliphatic rings. The Kier molecular flexibility index (Phi) is 8.05. The van der Waals surface area contributed by atoms with E-state index in [1.54, 1.807) is 13.2 Å². The minimum atomic E-state index is -0.378. The van der Waals surface area contributed by atoms with Crippen LogP contribution in [0.25, 0.3) is 22.1 Å². The topological polar surface area (TPSA) is 66.2 Å². The average molecular weight is 491 g/mol. The van der Waals surface area contributed by atoms with Crippen molar-refractivity contribution in [2.45, 2.75) is 51.1 Å². The van der Waals surface area contributed by atoms with Crippen molar-refractivity contribution in [2.75, 3.05) is 39.9 Å². The van der Waals surface area contributed by atoms with Crippen LogP contribution in [0.4, 0.5) is 0 Å². The van der Waals surface area contributed by atoms with Gasteiger partial charge in [0.2, 0.25) is 0 Å². The lowest BCUT2D eigenvalue weighted by Gasteiger charge is -2.45. The molecule has 3 aromatic rings. The molecule has 5 rings (SSSR count). The highest BCUT2D eigenvalue weighted by Crippen LogP contribution is 2.34. The first-order valence-electron chi connectivity index (χ1n) is 13.4. The molecular weight excluding hydrogens is 452 g/mol. The minimum Gasteiger partial charge on any atom is -0.507 e. The van der Waals surface area contributed by atoms with E-state index in [0.29, 0.717) is 41.8 Å². The van der Waals surface area contributed by atoms with E-state index in [9.17, 15) is 9.90 Å². The summed E-state index contributed by atoms with van der Waals surface area (Å²) in [5, 5.41) is 11.7. The van der Waals surface area contributed by atoms with Crippen molar-refractivity contribution in [2.24, 2.45) is 5.92 Å². The van der Waals surface area contributed by atoms with Gasteiger partial charge in [0, 0.05) is 44.8 Å². The zero-order chi connectivity index (χ0) is 24.9. The molecule has 192 valence electrons. The first kappa shape index (κ1) is 25.0. The van der Waals surface area contributed by atoms with Crippen LogP contribution in [0.3, 0.4) is 0 Å². The molecule has 2 saturated heterocycles. The Labute approximate surface area is 213 Å². The van der Waals surface area contributed by atoms with Gasteiger partial charge < -0.3 is 19.2 Å². The highest BCUT2D eigenvalue weighted by molar-refractivity contribution is 5.85. The smallest absolute Gasteiger partial charge is 0.344 e. The van der Waals surface area contributed by atoms with Gasteiger partial charge in [-0.3, -0.25) is 4.90 Å². The first-order valence-corrected chi connectivity index (χ1v) is 13.4. The number of methoxy groups -OCH3 is 1. The van der Waals surface area contributed by atoms with Crippen LogP contribution >= 0.6 is 0 Å². The molecule has 1 aromatic heterocycles. The van der Waals surface area contributed by atoms with E-state index < -0.39 is 0 Å². The summed E-state index contributed by atoms with van der Waals surface area (Å²) in [7, 11) is 1.74. The zero-order valence-corrected chi connectivity index (χ0v) is 21.3. The van der Waals surface area contributed by atoms with E-state index in [1.807, 2.05) is 42.5 Å². The van der Waals surface area contributed by atoms with Crippen LogP contribution in [0, 0.1) is 5.92 Å². The molecule has 0 radical (unpaired) electrons. The number of hydrogen-bond donors (Lipinski definition) is 1. The van der Waals surface area contributed by atoms with E-state index in [-0.39, 0.29) is 11.4 Å². The molecule has 0 amide bonds. The molecule has 2 fully saturated rings. The fourth-order valence-electron chi connectivity index (χ4n) is 6.22. The fraction of sp³-hybridized carbons (Fsp3) is 0.500. The number of benzene rings is 2. The molecule has 6 heteroatoms. The third-order valence-corrected chi connectivity index (χ3v) is 7.99. The number of phenols is 1. The summed E-state index contributed by atoms with van der Waals surface area (Å²) < 4.78 is 11.2. The Bertz CT molecular complexity index is 1210. The Morgan fingerprint density at radius 2 is 1.92 bits per heavy atom. The summed E-state index contributed by atoms with van der Waals surface area (Å²) in [5.41, 5.74) is 2.17. The van der Waals surface area contributed by atoms with Crippen molar-refractivity contribution < 1.29 is 14.3 Å². The van der Waals surface area contributed by atoms with Crippen molar-refractivity contribution in [1.82, 2.24) is 9.80 Å². The van der Waals surface area contributed by atoms with Crippen molar-refractivity contribution in [3.8, 4) is 16.9 Å². The Morgan fingerprint density at radius 3 is 2.75 bits per heavy atom. The summed E-state index contributed by atoms with van der Waals surface area (Å²) in [4.78, 5) is 18.1. The number of piperidine rings is 2. The molecule has 36 heavy (non-hydrogen) atoms. The second-order valence-electron chi connectivity index (χ2n) is 10.4. The monoisotopic (exact) mass is 490 g/mol. The van der Waals surface area contributed by atoms with E-state index in [4.69, 9.17) is 9.15 Å². The van der Waals surface area contributed by atoms with Crippen LogP contribution in [0.15, 0.2) is 57.7 Å². The largest absolute Gasteiger partial charge is 0.507 e. The quantitative estimate of drug-likeness (QED) is 0.326. The predicted octanol–water partition coefficient (Wildman–Crippen LogP) is 5.27. The van der Waals surface area contributed by atoms with Gasteiger partial charge in [0.25, 0.3) is 0 Å². The maximum Gasteiger partial charge on any atom is 0.344 e. The van der Waals surface area contributed by atoms with Crippen molar-refractivity contribution in [3.63, 3.8) is 0 Å². The van der Waals surface area contributed by atoms with Gasteiger partial charge in [-0.25, -0.2) is 4.79 Å². The van der Waals surface area contributed by atoms with E-state index in [2.05, 4.69) is 9.80 Å². The maximum atomic E-state index is 13.0. The van der Waals surface area contributed by atoms with Gasteiger partial charge in [0.05, 0.1) is 11.1 Å². The summed E-state index contributed by atoms with van der Waals surface area (Å²) >= 11 is 0. The van der Waals surface area contributed by atoms with Crippen molar-refractivity contribution >= 4 is 11.0 Å². The standard InChI is InChI=1S/C30H38N2O4/c1-35-18-8-15-31(20-24-11-7-17-32-16-6-5-12-27(24)32)21-26-28(33)14-13-23-19-25(30(34)36-29(23)26)22-9-3-2-4-10-22/h2-4,9-10,13-14,19,24,27,33H,5-8,11-12,15-18,20-21H2,1H3/t24-,27+/m0/s1. The van der Waals surface area contributed by atoms with Crippen molar-refractivity contribution in [1.29, 1.82) is 0 Å². The number of rotatable bonds is 9. The van der Waals surface area contributed by atoms with Crippen LogP contribution in [0.2, 0.25) is 0 Å². The molecule has 0 bridgehead atoms. The highest BCUT2D eigenvalue weighted by Gasteiger charge is 2.34. The predicted molar refractivity (Wildman–Crippen MR) is 143 cm³/mol. The molecule has 3 heterocycles. The van der Waals surface area contributed by atoms with Gasteiger partial charge in [-0.2, -0.15) is 0 Å². The highest BCUT2D eigenvalue weighted by atomic mass is 16.5. The molecule has 2 aliphatic heterocycles. The van der Waals surface area contributed by atoms with Crippen LogP contribution in [-0.2, 0) is 11.3 Å². The minimum absolute atomic E-state index is 0.179. The lowest BCUT2D eigenvalue weighted by Crippen LogP contribution is -2.51. The van der Waals surface area contributed by atoms with Gasteiger partial charge in [-0.15, -0.1) is 0 Å². The third kappa shape index (κ3) is 5.51. The summed E-state index contributed by atoms with van der Waals surface area (Å²) in [6, 6.07) is 15.7. The summed E-state index contributed by atoms with van der Waals surface area (Å²) in [6.07, 6.45) is 7.34. The number of fused-ring (bicyclic) bond motifs is 2. The third-order valence-electron chi connectivity index (χ3n) is 7.99. The molecule has 0 saturated carbocycles. The number of hydrogen-bond acceptors (Lipinski definition) is 6. The van der Waals surface area contributed by atoms with Crippen molar-refractivity contribution in [3.05, 3.63) is 64.5 Å². The maximum absolute atomic E-state index is 13.0. The normalized spacial score (nSPS) is 20.6.